The van der Waals surface area contributed by atoms with Crippen molar-refractivity contribution in [2.24, 2.45) is 11.8 Å². The number of anilines is 2. The summed E-state index contributed by atoms with van der Waals surface area (Å²) in [6.45, 7) is 16.6. The topological polar surface area (TPSA) is 180 Å². The van der Waals surface area contributed by atoms with E-state index in [4.69, 9.17) is 19.9 Å². The third kappa shape index (κ3) is 11.4. The first-order chi connectivity index (χ1) is 30.7. The molecule has 0 bridgehead atoms. The number of aromatic nitrogens is 4. The highest BCUT2D eigenvalue weighted by atomic mass is 35.5. The fourth-order valence-corrected chi connectivity index (χ4v) is 8.29. The van der Waals surface area contributed by atoms with Crippen LogP contribution >= 0.6 is 12.4 Å². The molecule has 2 aromatic heterocycles. The van der Waals surface area contributed by atoms with Crippen LogP contribution in [0, 0.1) is 25.7 Å². The van der Waals surface area contributed by atoms with E-state index in [2.05, 4.69) is 9.80 Å². The Morgan fingerprint density at radius 1 is 0.538 bits per heavy atom. The van der Waals surface area contributed by atoms with Gasteiger partial charge in [0.25, 0.3) is 11.8 Å². The Kier molecular flexibility index (Phi) is 15.8. The van der Waals surface area contributed by atoms with Gasteiger partial charge in [-0.25, -0.2) is 19.9 Å². The molecule has 2 aliphatic rings. The van der Waals surface area contributed by atoms with Crippen molar-refractivity contribution in [1.82, 2.24) is 29.7 Å². The Hall–Kier alpha value is -6.09. The molecule has 2 amide bonds. The number of hydrogen-bond acceptors (Lipinski definition) is 12. The van der Waals surface area contributed by atoms with Crippen molar-refractivity contribution in [3.63, 3.8) is 0 Å². The summed E-state index contributed by atoms with van der Waals surface area (Å²) in [5, 5.41) is 43.0. The van der Waals surface area contributed by atoms with E-state index in [-0.39, 0.29) is 47.6 Å². The number of carbonyl (C=O) groups is 2. The number of rotatable bonds is 10. The average molecular weight is 906 g/mol. The van der Waals surface area contributed by atoms with Gasteiger partial charge in [0.15, 0.2) is 11.6 Å². The number of benzene rings is 4. The first-order valence-corrected chi connectivity index (χ1v) is 22.2. The number of carbonyl (C=O) groups excluding carboxylic acids is 2. The predicted octanol–water partition coefficient (Wildman–Crippen LogP) is 7.15. The van der Waals surface area contributed by atoms with E-state index < -0.39 is 12.2 Å². The highest BCUT2D eigenvalue weighted by molar-refractivity contribution is 5.93. The van der Waals surface area contributed by atoms with Gasteiger partial charge < -0.3 is 40.0 Å². The number of piperazine rings is 2. The lowest BCUT2D eigenvalue weighted by Gasteiger charge is -2.37. The second-order valence-corrected chi connectivity index (χ2v) is 17.7. The number of phenols is 2. The Morgan fingerprint density at radius 2 is 0.892 bits per heavy atom. The van der Waals surface area contributed by atoms with Gasteiger partial charge in [-0.1, -0.05) is 64.1 Å². The van der Waals surface area contributed by atoms with Crippen molar-refractivity contribution in [2.75, 3.05) is 62.2 Å². The Bertz CT molecular complexity index is 2430. The molecule has 4 heterocycles. The molecule has 0 aliphatic carbocycles. The average Bonchev–Trinajstić information content (AvgIpc) is 3.27. The zero-order chi connectivity index (χ0) is 45.7. The van der Waals surface area contributed by atoms with Gasteiger partial charge in [0, 0.05) is 63.1 Å². The van der Waals surface area contributed by atoms with Crippen LogP contribution in [-0.4, -0.2) is 127 Å². The van der Waals surface area contributed by atoms with Crippen molar-refractivity contribution < 1.29 is 30.0 Å². The SMILES string of the molecule is Cc1ccc2c(N3CCN(C(=O)[C@H](O)CC(C)C)CC3)nc(-c3ccccc3O)nc2c1.Cc1ccc2c(N3CCN(C(=O)[C@H](O)CC(C)C)CC3)nc(-c3ccccc3O)nc2c1.Cl. The number of fused-ring (bicyclic) bond motifs is 2. The third-order valence-corrected chi connectivity index (χ3v) is 11.7. The lowest BCUT2D eigenvalue weighted by atomic mass is 10.0. The molecular weight excluding hydrogens is 844 g/mol. The maximum atomic E-state index is 12.6. The van der Waals surface area contributed by atoms with Gasteiger partial charge in [-0.3, -0.25) is 9.59 Å². The minimum Gasteiger partial charge on any atom is -0.507 e. The summed E-state index contributed by atoms with van der Waals surface area (Å²) < 4.78 is 0. The first-order valence-electron chi connectivity index (χ1n) is 22.2. The predicted molar refractivity (Wildman–Crippen MR) is 259 cm³/mol. The van der Waals surface area contributed by atoms with Gasteiger partial charge in [-0.2, -0.15) is 0 Å². The summed E-state index contributed by atoms with van der Waals surface area (Å²) in [5.41, 5.74) is 5.00. The lowest BCUT2D eigenvalue weighted by molar-refractivity contribution is -0.141. The van der Waals surface area contributed by atoms with Crippen LogP contribution in [0.1, 0.15) is 51.7 Å². The number of halogens is 1. The standard InChI is InChI=1S/2C25H30N4O3.ClH/c2*1-16(2)14-22(31)25(32)29-12-10-28(11-13-29)24-18-9-8-17(3)15-20(18)26-23(27-24)19-6-4-5-7-21(19)30;/h2*4-9,15-16,22,30-31H,10-14H2,1-3H3;1H/t2*22-;/m11./s1. The molecule has 4 aromatic carbocycles. The van der Waals surface area contributed by atoms with Crippen LogP contribution in [0.3, 0.4) is 0 Å². The van der Waals surface area contributed by atoms with Crippen LogP contribution in [0.4, 0.5) is 11.6 Å². The zero-order valence-corrected chi connectivity index (χ0v) is 38.9. The molecule has 15 heteroatoms. The molecule has 2 fully saturated rings. The molecule has 65 heavy (non-hydrogen) atoms. The number of nitrogens with zero attached hydrogens (tertiary/aromatic N) is 8. The zero-order valence-electron chi connectivity index (χ0n) is 38.1. The van der Waals surface area contributed by atoms with Crippen molar-refractivity contribution >= 4 is 57.7 Å². The Labute approximate surface area is 387 Å². The Morgan fingerprint density at radius 3 is 1.23 bits per heavy atom. The summed E-state index contributed by atoms with van der Waals surface area (Å²) in [4.78, 5) is 52.1. The van der Waals surface area contributed by atoms with Crippen molar-refractivity contribution in [3.8, 4) is 34.3 Å². The molecule has 4 N–H and O–H groups in total. The number of phenolic OH excluding ortho intramolecular Hbond substituents is 2. The normalized spacial score (nSPS) is 15.2. The monoisotopic (exact) mass is 904 g/mol. The number of aromatic hydroxyl groups is 2. The molecule has 2 saturated heterocycles. The van der Waals surface area contributed by atoms with Gasteiger partial charge >= 0.3 is 0 Å². The smallest absolute Gasteiger partial charge is 0.251 e. The van der Waals surface area contributed by atoms with E-state index >= 15 is 0 Å². The van der Waals surface area contributed by atoms with Crippen LogP contribution in [-0.2, 0) is 9.59 Å². The highest BCUT2D eigenvalue weighted by Gasteiger charge is 2.30. The van der Waals surface area contributed by atoms with Gasteiger partial charge in [-0.15, -0.1) is 12.4 Å². The van der Waals surface area contributed by atoms with Crippen LogP contribution in [0.25, 0.3) is 44.6 Å². The molecular formula is C50H61ClN8O6. The maximum Gasteiger partial charge on any atom is 0.251 e. The van der Waals surface area contributed by atoms with Crippen LogP contribution in [0.5, 0.6) is 11.5 Å². The largest absolute Gasteiger partial charge is 0.507 e. The van der Waals surface area contributed by atoms with E-state index in [1.54, 1.807) is 34.1 Å². The van der Waals surface area contributed by atoms with Crippen LogP contribution in [0.15, 0.2) is 84.9 Å². The number of aliphatic hydroxyl groups excluding tert-OH is 2. The van der Waals surface area contributed by atoms with Gasteiger partial charge in [0.05, 0.1) is 22.2 Å². The van der Waals surface area contributed by atoms with E-state index in [0.29, 0.717) is 88.0 Å². The summed E-state index contributed by atoms with van der Waals surface area (Å²) in [6.07, 6.45) is -0.952. The van der Waals surface area contributed by atoms with Crippen LogP contribution < -0.4 is 9.80 Å². The molecule has 14 nitrogen and oxygen atoms in total. The molecule has 6 aromatic rings. The summed E-state index contributed by atoms with van der Waals surface area (Å²) in [6, 6.07) is 26.3. The number of amides is 2. The van der Waals surface area contributed by atoms with Crippen molar-refractivity contribution in [1.29, 1.82) is 0 Å². The molecule has 0 unspecified atom stereocenters. The number of hydrogen-bond donors (Lipinski definition) is 4. The quantitative estimate of drug-likeness (QED) is 0.109. The number of para-hydroxylation sites is 2. The molecule has 2 aliphatic heterocycles. The van der Waals surface area contributed by atoms with Crippen molar-refractivity contribution in [2.45, 2.75) is 66.6 Å². The van der Waals surface area contributed by atoms with Gasteiger partial charge in [-0.05, 0) is 98.2 Å². The van der Waals surface area contributed by atoms with Gasteiger partial charge in [0.1, 0.15) is 35.3 Å². The summed E-state index contributed by atoms with van der Waals surface area (Å²) in [7, 11) is 0. The van der Waals surface area contributed by atoms with E-state index in [9.17, 15) is 30.0 Å². The van der Waals surface area contributed by atoms with Crippen LogP contribution in [0.2, 0.25) is 0 Å². The minimum absolute atomic E-state index is 0. The second kappa shape index (κ2) is 21.3. The molecule has 0 spiro atoms. The fraction of sp³-hybridized carbons (Fsp3) is 0.400. The first kappa shape index (κ1) is 48.4. The highest BCUT2D eigenvalue weighted by Crippen LogP contribution is 2.34. The summed E-state index contributed by atoms with van der Waals surface area (Å²) in [5.74, 6) is 2.95. The number of aryl methyl sites for hydroxylation is 2. The molecule has 344 valence electrons. The Balaban J connectivity index is 0.000000212. The fourth-order valence-electron chi connectivity index (χ4n) is 8.29. The number of aliphatic hydroxyl groups is 2. The molecule has 2 atom stereocenters. The minimum atomic E-state index is -0.947. The van der Waals surface area contributed by atoms with E-state index in [0.717, 1.165) is 44.6 Å². The van der Waals surface area contributed by atoms with Gasteiger partial charge in [0.2, 0.25) is 0 Å². The van der Waals surface area contributed by atoms with E-state index in [1.165, 1.54) is 0 Å². The van der Waals surface area contributed by atoms with Crippen molar-refractivity contribution in [3.05, 3.63) is 96.1 Å². The van der Waals surface area contributed by atoms with E-state index in [1.807, 2.05) is 102 Å². The lowest BCUT2D eigenvalue weighted by Crippen LogP contribution is -2.52. The molecule has 0 saturated carbocycles. The molecule has 8 rings (SSSR count). The maximum absolute atomic E-state index is 12.6. The molecule has 0 radical (unpaired) electrons. The second-order valence-electron chi connectivity index (χ2n) is 17.7. The third-order valence-electron chi connectivity index (χ3n) is 11.7. The summed E-state index contributed by atoms with van der Waals surface area (Å²) >= 11 is 0.